The van der Waals surface area contributed by atoms with Crippen molar-refractivity contribution >= 4 is 23.1 Å². The topological polar surface area (TPSA) is 76.1 Å². The first kappa shape index (κ1) is 22.1. The fraction of sp³-hybridized carbons (Fsp3) is 0.185. The number of anilines is 1. The lowest BCUT2D eigenvalue weighted by Crippen LogP contribution is -2.29. The van der Waals surface area contributed by atoms with Crippen LogP contribution in [0.25, 0.3) is 5.76 Å². The van der Waals surface area contributed by atoms with E-state index in [9.17, 15) is 14.7 Å². The minimum Gasteiger partial charge on any atom is -0.506 e. The van der Waals surface area contributed by atoms with Crippen LogP contribution in [0, 0.1) is 13.8 Å². The molecule has 1 aliphatic heterocycles. The second kappa shape index (κ2) is 8.82. The zero-order valence-electron chi connectivity index (χ0n) is 19.0. The normalized spacial score (nSPS) is 17.3. The lowest BCUT2D eigenvalue weighted by atomic mass is 9.94. The summed E-state index contributed by atoms with van der Waals surface area (Å²) in [6, 6.07) is 19.1. The molecule has 3 aromatic carbocycles. The maximum Gasteiger partial charge on any atom is 0.300 e. The average Bonchev–Trinajstić information content (AvgIpc) is 3.08. The number of rotatable bonds is 5. The molecule has 3 aromatic rings. The van der Waals surface area contributed by atoms with E-state index in [-0.39, 0.29) is 16.9 Å². The summed E-state index contributed by atoms with van der Waals surface area (Å²) in [5, 5.41) is 11.5. The Labute approximate surface area is 192 Å². The number of hydrogen-bond donors (Lipinski definition) is 1. The van der Waals surface area contributed by atoms with Gasteiger partial charge in [0.1, 0.15) is 22.8 Å². The molecule has 6 nitrogen and oxygen atoms in total. The van der Waals surface area contributed by atoms with Crippen molar-refractivity contribution in [3.8, 4) is 11.5 Å². The number of ether oxygens (including phenoxy) is 2. The van der Waals surface area contributed by atoms with Crippen molar-refractivity contribution in [2.45, 2.75) is 19.9 Å². The number of aryl methyl sites for hydroxylation is 2. The zero-order chi connectivity index (χ0) is 23.7. The molecular formula is C27H25NO5. The first-order valence-corrected chi connectivity index (χ1v) is 10.5. The Morgan fingerprint density at radius 1 is 0.848 bits per heavy atom. The largest absolute Gasteiger partial charge is 0.506 e. The van der Waals surface area contributed by atoms with Crippen LogP contribution in [0.2, 0.25) is 0 Å². The maximum atomic E-state index is 13.4. The third-order valence-corrected chi connectivity index (χ3v) is 5.71. The molecular weight excluding hydrogens is 418 g/mol. The third kappa shape index (κ3) is 3.84. The number of nitrogens with zero attached hydrogens (tertiary/aromatic N) is 1. The molecule has 1 unspecified atom stereocenters. The van der Waals surface area contributed by atoms with Crippen LogP contribution in [0.15, 0.2) is 72.3 Å². The molecule has 0 aliphatic carbocycles. The second-order valence-corrected chi connectivity index (χ2v) is 7.96. The van der Waals surface area contributed by atoms with Gasteiger partial charge in [0.05, 0.1) is 25.8 Å². The summed E-state index contributed by atoms with van der Waals surface area (Å²) in [6.07, 6.45) is 0. The van der Waals surface area contributed by atoms with Crippen LogP contribution in [0.3, 0.4) is 0 Å². The molecule has 1 heterocycles. The highest BCUT2D eigenvalue weighted by Crippen LogP contribution is 2.45. The van der Waals surface area contributed by atoms with E-state index >= 15 is 0 Å². The van der Waals surface area contributed by atoms with E-state index in [0.717, 1.165) is 11.1 Å². The summed E-state index contributed by atoms with van der Waals surface area (Å²) >= 11 is 0. The summed E-state index contributed by atoms with van der Waals surface area (Å²) in [5.74, 6) is -1.16. The van der Waals surface area contributed by atoms with Crippen molar-refractivity contribution in [1.82, 2.24) is 0 Å². The molecule has 0 bridgehead atoms. The fourth-order valence-electron chi connectivity index (χ4n) is 4.36. The Kier molecular flexibility index (Phi) is 5.92. The van der Waals surface area contributed by atoms with Crippen molar-refractivity contribution in [3.63, 3.8) is 0 Å². The molecule has 4 rings (SSSR count). The number of aliphatic hydroxyl groups excluding tert-OH is 1. The van der Waals surface area contributed by atoms with E-state index in [0.29, 0.717) is 22.7 Å². The molecule has 1 N–H and O–H groups in total. The monoisotopic (exact) mass is 443 g/mol. The van der Waals surface area contributed by atoms with Crippen LogP contribution in [-0.4, -0.2) is 31.0 Å². The molecule has 0 aromatic heterocycles. The number of aliphatic hydroxyl groups is 1. The quantitative estimate of drug-likeness (QED) is 0.343. The van der Waals surface area contributed by atoms with Crippen LogP contribution in [0.4, 0.5) is 5.69 Å². The number of carbonyl (C=O) groups is 2. The molecule has 6 heteroatoms. The van der Waals surface area contributed by atoms with E-state index in [1.54, 1.807) is 18.2 Å². The van der Waals surface area contributed by atoms with E-state index in [1.807, 2.05) is 62.4 Å². The van der Waals surface area contributed by atoms with Gasteiger partial charge in [0.25, 0.3) is 11.7 Å². The van der Waals surface area contributed by atoms with E-state index in [1.165, 1.54) is 19.1 Å². The minimum atomic E-state index is -0.818. The van der Waals surface area contributed by atoms with E-state index in [2.05, 4.69) is 0 Å². The Morgan fingerprint density at radius 2 is 1.42 bits per heavy atom. The summed E-state index contributed by atoms with van der Waals surface area (Å²) in [7, 11) is 2.93. The van der Waals surface area contributed by atoms with Crippen molar-refractivity contribution in [2.75, 3.05) is 19.1 Å². The van der Waals surface area contributed by atoms with Gasteiger partial charge in [-0.15, -0.1) is 0 Å². The van der Waals surface area contributed by atoms with Crippen molar-refractivity contribution < 1.29 is 24.2 Å². The molecule has 168 valence electrons. The number of hydrogen-bond acceptors (Lipinski definition) is 5. The highest BCUT2D eigenvalue weighted by Gasteiger charge is 2.47. The standard InChI is InChI=1S/C27H25NO5/c1-16-13-17(2)15-19(14-16)28-24(18-9-6-5-7-10-18)23(26(30)27(28)31)25(29)22-20(32-3)11-8-12-21(22)33-4/h5-15,24,29H,1-4H3/b25-23+. The molecule has 0 spiro atoms. The number of amides is 1. The fourth-order valence-corrected chi connectivity index (χ4v) is 4.36. The average molecular weight is 443 g/mol. The van der Waals surface area contributed by atoms with Gasteiger partial charge in [0.2, 0.25) is 0 Å². The summed E-state index contributed by atoms with van der Waals surface area (Å²) < 4.78 is 10.9. The number of methoxy groups -OCH3 is 2. The lowest BCUT2D eigenvalue weighted by molar-refractivity contribution is -0.132. The summed E-state index contributed by atoms with van der Waals surface area (Å²) in [5.41, 5.74) is 3.42. The lowest BCUT2D eigenvalue weighted by Gasteiger charge is -2.26. The van der Waals surface area contributed by atoms with Gasteiger partial charge in [0.15, 0.2) is 0 Å². The number of benzene rings is 3. The van der Waals surface area contributed by atoms with Gasteiger partial charge in [-0.2, -0.15) is 0 Å². The van der Waals surface area contributed by atoms with Crippen LogP contribution in [0.5, 0.6) is 11.5 Å². The van der Waals surface area contributed by atoms with Crippen LogP contribution < -0.4 is 14.4 Å². The summed E-state index contributed by atoms with van der Waals surface area (Å²) in [6.45, 7) is 3.87. The van der Waals surface area contributed by atoms with Crippen molar-refractivity contribution in [3.05, 3.63) is 94.6 Å². The Balaban J connectivity index is 2.02. The predicted octanol–water partition coefficient (Wildman–Crippen LogP) is 4.95. The molecule has 33 heavy (non-hydrogen) atoms. The predicted molar refractivity (Wildman–Crippen MR) is 127 cm³/mol. The van der Waals surface area contributed by atoms with Gasteiger partial charge in [-0.1, -0.05) is 42.5 Å². The molecule has 1 amide bonds. The van der Waals surface area contributed by atoms with Gasteiger partial charge in [-0.25, -0.2) is 0 Å². The van der Waals surface area contributed by atoms with Crippen LogP contribution in [0.1, 0.15) is 28.3 Å². The molecule has 0 saturated carbocycles. The van der Waals surface area contributed by atoms with Gasteiger partial charge in [0, 0.05) is 5.69 Å². The first-order valence-electron chi connectivity index (χ1n) is 10.5. The Hall–Kier alpha value is -4.06. The third-order valence-electron chi connectivity index (χ3n) is 5.71. The molecule has 1 fully saturated rings. The number of ketones is 1. The smallest absolute Gasteiger partial charge is 0.300 e. The van der Waals surface area contributed by atoms with Crippen LogP contribution >= 0.6 is 0 Å². The van der Waals surface area contributed by atoms with E-state index in [4.69, 9.17) is 9.47 Å². The van der Waals surface area contributed by atoms with Gasteiger partial charge in [-0.3, -0.25) is 14.5 Å². The molecule has 1 saturated heterocycles. The first-order chi connectivity index (χ1) is 15.9. The zero-order valence-corrected chi connectivity index (χ0v) is 19.0. The SMILES string of the molecule is COc1cccc(OC)c1/C(O)=C1\C(=O)C(=O)N(c2cc(C)cc(C)c2)C1c1ccccc1. The highest BCUT2D eigenvalue weighted by atomic mass is 16.5. The van der Waals surface area contributed by atoms with Gasteiger partial charge in [-0.05, 0) is 54.8 Å². The van der Waals surface area contributed by atoms with Gasteiger partial charge >= 0.3 is 0 Å². The van der Waals surface area contributed by atoms with Crippen molar-refractivity contribution in [1.29, 1.82) is 0 Å². The van der Waals surface area contributed by atoms with E-state index < -0.39 is 17.7 Å². The summed E-state index contributed by atoms with van der Waals surface area (Å²) in [4.78, 5) is 28.2. The molecule has 1 aliphatic rings. The second-order valence-electron chi connectivity index (χ2n) is 7.96. The van der Waals surface area contributed by atoms with Crippen molar-refractivity contribution in [2.24, 2.45) is 0 Å². The number of Topliss-reactive ketones (excluding diaryl/α,β-unsaturated/α-hetero) is 1. The maximum absolute atomic E-state index is 13.4. The molecule has 0 radical (unpaired) electrons. The van der Waals surface area contributed by atoms with Gasteiger partial charge < -0.3 is 14.6 Å². The molecule has 1 atom stereocenters. The minimum absolute atomic E-state index is 0.0202. The Bertz CT molecular complexity index is 1220. The van der Waals surface area contributed by atoms with Crippen LogP contribution in [-0.2, 0) is 9.59 Å². The Morgan fingerprint density at radius 3 is 1.97 bits per heavy atom. The number of carbonyl (C=O) groups excluding carboxylic acids is 2. The highest BCUT2D eigenvalue weighted by molar-refractivity contribution is 6.51.